The van der Waals surface area contributed by atoms with Crippen LogP contribution in [0.4, 0.5) is 5.13 Å². The molecule has 2 aliphatic heterocycles. The van der Waals surface area contributed by atoms with Crippen molar-refractivity contribution in [3.05, 3.63) is 39.7 Å². The summed E-state index contributed by atoms with van der Waals surface area (Å²) in [5, 5.41) is 34.4. The lowest BCUT2D eigenvalue weighted by molar-refractivity contribution is -0.150. The second-order valence-electron chi connectivity index (χ2n) is 7.32. The molecule has 37 heavy (non-hydrogen) atoms. The Hall–Kier alpha value is -3.48. The van der Waals surface area contributed by atoms with Gasteiger partial charge >= 0.3 is 11.9 Å². The van der Waals surface area contributed by atoms with Gasteiger partial charge in [-0.3, -0.25) is 14.5 Å². The molecule has 0 unspecified atom stereocenters. The first-order chi connectivity index (χ1) is 17.6. The van der Waals surface area contributed by atoms with Crippen molar-refractivity contribution in [1.82, 2.24) is 25.4 Å². The lowest BCUT2D eigenvalue weighted by Crippen LogP contribution is -2.71. The first-order valence-electron chi connectivity index (χ1n) is 10.1. The maximum atomic E-state index is 13.0. The molecule has 4 rings (SSSR count). The Bertz CT molecular complexity index is 1370. The Labute approximate surface area is 224 Å². The van der Waals surface area contributed by atoms with Crippen LogP contribution < -0.4 is 11.1 Å². The number of aryl methyl sites for hydroxylation is 1. The summed E-state index contributed by atoms with van der Waals surface area (Å²) in [7, 11) is 0. The number of nitrogens with one attached hydrogen (secondary N) is 1. The number of nitrogens with two attached hydrogens (primary N) is 1. The van der Waals surface area contributed by atoms with Crippen molar-refractivity contribution >= 4 is 80.8 Å². The molecule has 0 aromatic carbocycles. The van der Waals surface area contributed by atoms with Gasteiger partial charge in [-0.1, -0.05) is 28.3 Å². The fraction of sp³-hybridized carbons (Fsp3) is 0.263. The fourth-order valence-electron chi connectivity index (χ4n) is 3.23. The summed E-state index contributed by atoms with van der Waals surface area (Å²) in [5.41, 5.74) is 5.61. The number of fused-ring (bicyclic) bond motifs is 1. The Balaban J connectivity index is 1.50. The number of carboxylic acid groups (broad SMARTS) is 2. The van der Waals surface area contributed by atoms with Gasteiger partial charge < -0.3 is 26.1 Å². The number of oxime groups is 1. The molecule has 0 radical (unpaired) electrons. The maximum absolute atomic E-state index is 13.0. The predicted octanol–water partition coefficient (Wildman–Crippen LogP) is 0.735. The molecule has 18 heteroatoms. The molecule has 5 N–H and O–H groups in total. The van der Waals surface area contributed by atoms with Crippen molar-refractivity contribution in [3.63, 3.8) is 0 Å². The average Bonchev–Trinajstić information content (AvgIpc) is 3.47. The van der Waals surface area contributed by atoms with Crippen LogP contribution in [0.25, 0.3) is 0 Å². The lowest BCUT2D eigenvalue weighted by atomic mass is 10.0. The number of thiazole rings is 1. The van der Waals surface area contributed by atoms with Crippen LogP contribution in [0.3, 0.4) is 0 Å². The molecular weight excluding hydrogens is 567 g/mol. The minimum atomic E-state index is -1.49. The van der Waals surface area contributed by atoms with Crippen molar-refractivity contribution < 1.29 is 34.2 Å². The second-order valence-corrected chi connectivity index (χ2v) is 11.7. The lowest BCUT2D eigenvalue weighted by Gasteiger charge is -2.49. The number of hydrogen-bond donors (Lipinski definition) is 4. The first kappa shape index (κ1) is 26.6. The van der Waals surface area contributed by atoms with E-state index in [0.29, 0.717) is 21.4 Å². The van der Waals surface area contributed by atoms with Crippen molar-refractivity contribution in [2.24, 2.45) is 5.16 Å². The molecule has 4 heterocycles. The first-order valence-corrected chi connectivity index (χ1v) is 13.8. The molecule has 2 aromatic heterocycles. The van der Waals surface area contributed by atoms with Gasteiger partial charge in [-0.15, -0.1) is 33.3 Å². The number of nitrogens with zero attached hydrogens (tertiary/aromatic N) is 5. The number of carbonyl (C=O) groups excluding carboxylic acids is 2. The SMILES string of the molecule is C=C(O/N=C(/C(=O)N[C@@H]1C(=O)N2C(C(=O)O)=C(CSc3nnc(C)s3)CS[C@H]12)c1csc(N)n1)C(=O)O. The molecule has 1 saturated heterocycles. The summed E-state index contributed by atoms with van der Waals surface area (Å²) in [4.78, 5) is 58.8. The number of aromatic nitrogens is 3. The summed E-state index contributed by atoms with van der Waals surface area (Å²) >= 11 is 5.02. The molecule has 2 atom stereocenters. The van der Waals surface area contributed by atoms with E-state index in [1.807, 2.05) is 6.92 Å². The Morgan fingerprint density at radius 1 is 1.38 bits per heavy atom. The average molecular weight is 584 g/mol. The highest BCUT2D eigenvalue weighted by molar-refractivity contribution is 8.01. The summed E-state index contributed by atoms with van der Waals surface area (Å²) < 4.78 is 0.684. The summed E-state index contributed by atoms with van der Waals surface area (Å²) in [6.07, 6.45) is 0. The van der Waals surface area contributed by atoms with Crippen LogP contribution in [-0.4, -0.2) is 82.7 Å². The number of carbonyl (C=O) groups is 4. The third-order valence-corrected chi connectivity index (χ3v) is 8.95. The van der Waals surface area contributed by atoms with Crippen molar-refractivity contribution in [3.8, 4) is 0 Å². The molecule has 2 aromatic rings. The van der Waals surface area contributed by atoms with Crippen LogP contribution in [0.1, 0.15) is 10.7 Å². The van der Waals surface area contributed by atoms with Gasteiger partial charge in [0, 0.05) is 16.9 Å². The molecule has 2 aliphatic rings. The number of rotatable bonds is 10. The largest absolute Gasteiger partial charge is 0.477 e. The number of thioether (sulfide) groups is 2. The predicted molar refractivity (Wildman–Crippen MR) is 136 cm³/mol. The number of carboxylic acids is 2. The molecule has 194 valence electrons. The van der Waals surface area contributed by atoms with Crippen molar-refractivity contribution in [1.29, 1.82) is 0 Å². The van der Waals surface area contributed by atoms with E-state index in [1.165, 1.54) is 40.2 Å². The molecule has 0 saturated carbocycles. The van der Waals surface area contributed by atoms with E-state index >= 15 is 0 Å². The van der Waals surface area contributed by atoms with Crippen LogP contribution in [0, 0.1) is 6.92 Å². The molecule has 0 spiro atoms. The van der Waals surface area contributed by atoms with Gasteiger partial charge in [0.25, 0.3) is 11.8 Å². The summed E-state index contributed by atoms with van der Waals surface area (Å²) in [6.45, 7) is 4.98. The van der Waals surface area contributed by atoms with Gasteiger partial charge in [0.2, 0.25) is 5.76 Å². The maximum Gasteiger partial charge on any atom is 0.374 e. The van der Waals surface area contributed by atoms with Gasteiger partial charge in [-0.2, -0.15) is 0 Å². The second kappa shape index (κ2) is 10.9. The third-order valence-electron chi connectivity index (χ3n) is 4.88. The van der Waals surface area contributed by atoms with Crippen LogP contribution >= 0.6 is 46.2 Å². The summed E-state index contributed by atoms with van der Waals surface area (Å²) in [6, 6.07) is -1.06. The fourth-order valence-corrected chi connectivity index (χ4v) is 7.08. The van der Waals surface area contributed by atoms with Crippen molar-refractivity contribution in [2.75, 3.05) is 17.2 Å². The number of β-lactam (4-membered cyclic amide) rings is 1. The monoisotopic (exact) mass is 583 g/mol. The van der Waals surface area contributed by atoms with E-state index in [9.17, 15) is 24.3 Å². The zero-order chi connectivity index (χ0) is 26.9. The van der Waals surface area contributed by atoms with E-state index in [4.69, 9.17) is 15.7 Å². The number of nitrogen functional groups attached to an aromatic ring is 1. The number of amides is 2. The van der Waals surface area contributed by atoms with E-state index in [0.717, 1.165) is 21.2 Å². The van der Waals surface area contributed by atoms with Crippen LogP contribution in [0.15, 0.2) is 38.5 Å². The van der Waals surface area contributed by atoms with Gasteiger partial charge in [0.15, 0.2) is 15.2 Å². The minimum Gasteiger partial charge on any atom is -0.477 e. The van der Waals surface area contributed by atoms with E-state index in [1.54, 1.807) is 0 Å². The molecule has 14 nitrogen and oxygen atoms in total. The van der Waals surface area contributed by atoms with Crippen molar-refractivity contribution in [2.45, 2.75) is 22.7 Å². The van der Waals surface area contributed by atoms with Gasteiger partial charge in [0.1, 0.15) is 27.8 Å². The van der Waals surface area contributed by atoms with E-state index in [-0.39, 0.29) is 16.5 Å². The van der Waals surface area contributed by atoms with Crippen LogP contribution in [0.5, 0.6) is 0 Å². The zero-order valence-corrected chi connectivity index (χ0v) is 22.0. The van der Waals surface area contributed by atoms with E-state index in [2.05, 4.69) is 32.2 Å². The quantitative estimate of drug-likeness (QED) is 0.0760. The Morgan fingerprint density at radius 3 is 2.73 bits per heavy atom. The topological polar surface area (TPSA) is 210 Å². The van der Waals surface area contributed by atoms with E-state index < -0.39 is 46.6 Å². The normalized spacial score (nSPS) is 19.2. The van der Waals surface area contributed by atoms with Gasteiger partial charge in [0.05, 0.1) is 0 Å². The Morgan fingerprint density at radius 2 is 2.14 bits per heavy atom. The number of hydrogen-bond acceptors (Lipinski definition) is 14. The highest BCUT2D eigenvalue weighted by Crippen LogP contribution is 2.41. The van der Waals surface area contributed by atoms with Crippen LogP contribution in [0.2, 0.25) is 0 Å². The molecule has 0 bridgehead atoms. The molecular formula is C19H17N7O7S4. The molecule has 2 amide bonds. The van der Waals surface area contributed by atoms with Gasteiger partial charge in [-0.25, -0.2) is 14.6 Å². The third kappa shape index (κ3) is 5.60. The standard InChI is InChI=1S/C19H17N7O7S4/c1-6(16(29)30)33-25-10(9-5-35-18(20)21-9)13(27)22-11-14(28)26-12(17(31)32)8(3-34-15(11)26)4-36-19-24-23-7(2)37-19/h5,11,15H,1,3-4H2,2H3,(H2,20,21)(H,22,27)(H,29,30)(H,31,32)/b25-10+/t11-,15-/m1/s1. The molecule has 1 fully saturated rings. The number of aliphatic carboxylic acids is 2. The van der Waals surface area contributed by atoms with Crippen LogP contribution in [-0.2, 0) is 24.0 Å². The summed E-state index contributed by atoms with van der Waals surface area (Å²) in [5.74, 6) is -4.38. The molecule has 0 aliphatic carbocycles. The minimum absolute atomic E-state index is 0.00420. The highest BCUT2D eigenvalue weighted by atomic mass is 32.2. The smallest absolute Gasteiger partial charge is 0.374 e. The van der Waals surface area contributed by atoms with Gasteiger partial charge in [-0.05, 0) is 19.1 Å². The number of anilines is 1. The zero-order valence-electron chi connectivity index (χ0n) is 18.7. The highest BCUT2D eigenvalue weighted by Gasteiger charge is 2.54. The Kier molecular flexibility index (Phi) is 7.81.